The molecule has 0 atom stereocenters. The SMILES string of the molecule is COc1ccc(Br)cc1C(=O)NC(=S)NNc1ccc([N+](=O)[O-])cc1. The zero-order chi connectivity index (χ0) is 18.4. The number of hydrazine groups is 1. The molecule has 10 heteroatoms. The molecule has 0 fully saturated rings. The Bertz CT molecular complexity index is 814. The van der Waals surface area contributed by atoms with Gasteiger partial charge in [-0.05, 0) is 42.5 Å². The third kappa shape index (κ3) is 5.13. The van der Waals surface area contributed by atoms with E-state index in [4.69, 9.17) is 17.0 Å². The molecule has 0 saturated heterocycles. The van der Waals surface area contributed by atoms with Gasteiger partial charge in [-0.1, -0.05) is 15.9 Å². The fraction of sp³-hybridized carbons (Fsp3) is 0.0667. The summed E-state index contributed by atoms with van der Waals surface area (Å²) in [6, 6.07) is 10.7. The second-order valence-electron chi connectivity index (χ2n) is 4.68. The number of nitro groups is 1. The van der Waals surface area contributed by atoms with Crippen molar-refractivity contribution in [1.82, 2.24) is 10.7 Å². The second kappa shape index (κ2) is 8.40. The van der Waals surface area contributed by atoms with Crippen molar-refractivity contribution >= 4 is 50.5 Å². The van der Waals surface area contributed by atoms with E-state index in [-0.39, 0.29) is 10.8 Å². The number of non-ortho nitro benzene ring substituents is 1. The Hall–Kier alpha value is -2.72. The highest BCUT2D eigenvalue weighted by Gasteiger charge is 2.14. The van der Waals surface area contributed by atoms with Crippen molar-refractivity contribution in [3.63, 3.8) is 0 Å². The number of carbonyl (C=O) groups excluding carboxylic acids is 1. The van der Waals surface area contributed by atoms with Crippen LogP contribution in [0.1, 0.15) is 10.4 Å². The van der Waals surface area contributed by atoms with Crippen molar-refractivity contribution in [1.29, 1.82) is 0 Å². The molecule has 2 aromatic rings. The fourth-order valence-electron chi connectivity index (χ4n) is 1.85. The Morgan fingerprint density at radius 2 is 1.92 bits per heavy atom. The number of rotatable bonds is 5. The molecule has 0 spiro atoms. The summed E-state index contributed by atoms with van der Waals surface area (Å²) < 4.78 is 5.87. The fourth-order valence-corrected chi connectivity index (χ4v) is 2.36. The number of halogens is 1. The van der Waals surface area contributed by atoms with Crippen LogP contribution in [-0.2, 0) is 0 Å². The Morgan fingerprint density at radius 3 is 2.52 bits per heavy atom. The van der Waals surface area contributed by atoms with Crippen LogP contribution in [0.5, 0.6) is 5.75 Å². The largest absolute Gasteiger partial charge is 0.496 e. The van der Waals surface area contributed by atoms with Crippen molar-refractivity contribution in [3.8, 4) is 5.75 Å². The molecule has 25 heavy (non-hydrogen) atoms. The first kappa shape index (κ1) is 18.6. The molecule has 0 unspecified atom stereocenters. The predicted octanol–water partition coefficient (Wildman–Crippen LogP) is 3.00. The van der Waals surface area contributed by atoms with Crippen LogP contribution in [0, 0.1) is 10.1 Å². The number of hydrogen-bond acceptors (Lipinski definition) is 6. The van der Waals surface area contributed by atoms with Gasteiger partial charge in [0.05, 0.1) is 23.3 Å². The topological polar surface area (TPSA) is 106 Å². The molecule has 8 nitrogen and oxygen atoms in total. The van der Waals surface area contributed by atoms with E-state index in [1.165, 1.54) is 31.4 Å². The first-order valence-corrected chi connectivity index (χ1v) is 8.06. The van der Waals surface area contributed by atoms with E-state index < -0.39 is 10.8 Å². The maximum atomic E-state index is 12.3. The van der Waals surface area contributed by atoms with Gasteiger partial charge < -0.3 is 4.74 Å². The molecule has 0 aromatic heterocycles. The first-order chi connectivity index (χ1) is 11.9. The predicted molar refractivity (Wildman–Crippen MR) is 101 cm³/mol. The maximum absolute atomic E-state index is 12.3. The Morgan fingerprint density at radius 1 is 1.24 bits per heavy atom. The monoisotopic (exact) mass is 424 g/mol. The quantitative estimate of drug-likeness (QED) is 0.384. The summed E-state index contributed by atoms with van der Waals surface area (Å²) in [5.41, 5.74) is 6.20. The van der Waals surface area contributed by atoms with Crippen molar-refractivity contribution in [2.24, 2.45) is 0 Å². The number of nitro benzene ring substituents is 1. The standard InChI is InChI=1S/C15H13BrN4O4S/c1-24-13-7-2-9(16)8-12(13)14(21)17-15(25)19-18-10-3-5-11(6-4-10)20(22)23/h2-8,18H,1H3,(H2,17,19,21,25). The average Bonchev–Trinajstić information content (AvgIpc) is 2.60. The zero-order valence-electron chi connectivity index (χ0n) is 12.9. The van der Waals surface area contributed by atoms with Gasteiger partial charge in [0.25, 0.3) is 11.6 Å². The number of carbonyl (C=O) groups is 1. The van der Waals surface area contributed by atoms with E-state index in [0.717, 1.165) is 4.47 Å². The van der Waals surface area contributed by atoms with Crippen LogP contribution in [0.15, 0.2) is 46.9 Å². The minimum atomic E-state index is -0.493. The van der Waals surface area contributed by atoms with Gasteiger partial charge in [0.1, 0.15) is 5.75 Å². The van der Waals surface area contributed by atoms with Crippen molar-refractivity contribution in [2.45, 2.75) is 0 Å². The molecule has 0 heterocycles. The highest BCUT2D eigenvalue weighted by molar-refractivity contribution is 9.10. The maximum Gasteiger partial charge on any atom is 0.269 e. The minimum Gasteiger partial charge on any atom is -0.496 e. The van der Waals surface area contributed by atoms with Gasteiger partial charge in [0.2, 0.25) is 0 Å². The van der Waals surface area contributed by atoms with Crippen molar-refractivity contribution in [3.05, 3.63) is 62.6 Å². The lowest BCUT2D eigenvalue weighted by molar-refractivity contribution is -0.384. The molecule has 0 bridgehead atoms. The number of hydrogen-bond donors (Lipinski definition) is 3. The zero-order valence-corrected chi connectivity index (χ0v) is 15.3. The van der Waals surface area contributed by atoms with E-state index in [1.54, 1.807) is 18.2 Å². The van der Waals surface area contributed by atoms with Gasteiger partial charge >= 0.3 is 0 Å². The van der Waals surface area contributed by atoms with Gasteiger partial charge in [-0.15, -0.1) is 0 Å². The van der Waals surface area contributed by atoms with Crippen molar-refractivity contribution in [2.75, 3.05) is 12.5 Å². The molecule has 3 N–H and O–H groups in total. The molecule has 1 amide bonds. The molecule has 2 aromatic carbocycles. The molecule has 0 aliphatic rings. The van der Waals surface area contributed by atoms with E-state index in [2.05, 4.69) is 32.1 Å². The number of benzene rings is 2. The van der Waals surface area contributed by atoms with Crippen LogP contribution in [0.2, 0.25) is 0 Å². The van der Waals surface area contributed by atoms with Crippen molar-refractivity contribution < 1.29 is 14.5 Å². The van der Waals surface area contributed by atoms with E-state index in [1.807, 2.05) is 0 Å². The lowest BCUT2D eigenvalue weighted by atomic mass is 10.2. The summed E-state index contributed by atoms with van der Waals surface area (Å²) in [6.07, 6.45) is 0. The second-order valence-corrected chi connectivity index (χ2v) is 6.01. The number of nitrogens with zero attached hydrogens (tertiary/aromatic N) is 1. The van der Waals surface area contributed by atoms with E-state index in [0.29, 0.717) is 17.0 Å². The Kier molecular flexibility index (Phi) is 6.25. The van der Waals surface area contributed by atoms with Crippen LogP contribution in [0.4, 0.5) is 11.4 Å². The van der Waals surface area contributed by atoms with Crippen LogP contribution < -0.4 is 20.9 Å². The summed E-state index contributed by atoms with van der Waals surface area (Å²) in [7, 11) is 1.47. The Balaban J connectivity index is 1.95. The van der Waals surface area contributed by atoms with Crippen LogP contribution in [0.25, 0.3) is 0 Å². The molecular formula is C15H13BrN4O4S. The van der Waals surface area contributed by atoms with Crippen LogP contribution in [-0.4, -0.2) is 23.1 Å². The van der Waals surface area contributed by atoms with Gasteiger partial charge in [0, 0.05) is 16.6 Å². The molecule has 130 valence electrons. The Labute approximate surface area is 156 Å². The summed E-state index contributed by atoms with van der Waals surface area (Å²) >= 11 is 8.34. The highest BCUT2D eigenvalue weighted by Crippen LogP contribution is 2.22. The third-order valence-corrected chi connectivity index (χ3v) is 3.73. The summed E-state index contributed by atoms with van der Waals surface area (Å²) in [5, 5.41) is 13.1. The molecule has 0 aliphatic carbocycles. The number of amides is 1. The number of ether oxygens (including phenoxy) is 1. The number of nitrogens with one attached hydrogen (secondary N) is 3. The lowest BCUT2D eigenvalue weighted by Crippen LogP contribution is -2.42. The van der Waals surface area contributed by atoms with E-state index in [9.17, 15) is 14.9 Å². The summed E-state index contributed by atoms with van der Waals surface area (Å²) in [6.45, 7) is 0. The van der Waals surface area contributed by atoms with E-state index >= 15 is 0 Å². The van der Waals surface area contributed by atoms with Gasteiger partial charge in [-0.2, -0.15) is 0 Å². The summed E-state index contributed by atoms with van der Waals surface area (Å²) in [5.74, 6) is -0.0343. The molecular weight excluding hydrogens is 412 g/mol. The average molecular weight is 425 g/mol. The van der Waals surface area contributed by atoms with Crippen LogP contribution in [0.3, 0.4) is 0 Å². The summed E-state index contributed by atoms with van der Waals surface area (Å²) in [4.78, 5) is 22.4. The molecule has 2 rings (SSSR count). The third-order valence-electron chi connectivity index (χ3n) is 3.03. The smallest absolute Gasteiger partial charge is 0.269 e. The number of methoxy groups -OCH3 is 1. The molecule has 0 saturated carbocycles. The van der Waals surface area contributed by atoms with Crippen LogP contribution >= 0.6 is 28.1 Å². The molecule has 0 aliphatic heterocycles. The lowest BCUT2D eigenvalue weighted by Gasteiger charge is -2.13. The van der Waals surface area contributed by atoms with Gasteiger partial charge in [-0.3, -0.25) is 31.1 Å². The van der Waals surface area contributed by atoms with Gasteiger partial charge in [-0.25, -0.2) is 0 Å². The number of anilines is 1. The molecule has 0 radical (unpaired) electrons. The highest BCUT2D eigenvalue weighted by atomic mass is 79.9. The van der Waals surface area contributed by atoms with Gasteiger partial charge in [0.15, 0.2) is 5.11 Å². The first-order valence-electron chi connectivity index (χ1n) is 6.86. The number of thiocarbonyl (C=S) groups is 1. The normalized spacial score (nSPS) is 9.84. The minimum absolute atomic E-state index is 0.0248.